The summed E-state index contributed by atoms with van der Waals surface area (Å²) in [6.07, 6.45) is 3.33. The Morgan fingerprint density at radius 1 is 1.38 bits per heavy atom. The SMILES string of the molecule is C=CCN1CC[C@@]23c4c5ccc(O)c4O[C@@H]2C(O)CC[C@]3(O)C1C5. The summed E-state index contributed by atoms with van der Waals surface area (Å²) in [5.74, 6) is 0.589. The van der Waals surface area contributed by atoms with Crippen molar-refractivity contribution in [2.24, 2.45) is 0 Å². The molecule has 5 heteroatoms. The summed E-state index contributed by atoms with van der Waals surface area (Å²) in [4.78, 5) is 2.31. The van der Waals surface area contributed by atoms with Crippen molar-refractivity contribution >= 4 is 0 Å². The predicted octanol–water partition coefficient (Wildman–Crippen LogP) is 1.09. The molecule has 1 spiro atoms. The Hall–Kier alpha value is -1.56. The van der Waals surface area contributed by atoms with Crippen molar-refractivity contribution in [3.05, 3.63) is 35.9 Å². The van der Waals surface area contributed by atoms with E-state index in [1.54, 1.807) is 6.07 Å². The summed E-state index contributed by atoms with van der Waals surface area (Å²) >= 11 is 0. The second-order valence-corrected chi connectivity index (χ2v) is 7.74. The lowest BCUT2D eigenvalue weighted by atomic mass is 9.48. The third-order valence-electron chi connectivity index (χ3n) is 6.91. The summed E-state index contributed by atoms with van der Waals surface area (Å²) in [7, 11) is 0. The number of rotatable bonds is 2. The lowest BCUT2D eigenvalue weighted by Gasteiger charge is -2.63. The van der Waals surface area contributed by atoms with E-state index < -0.39 is 23.2 Å². The normalized spacial score (nSPS) is 42.3. The van der Waals surface area contributed by atoms with Crippen LogP contribution in [0.1, 0.15) is 30.4 Å². The maximum Gasteiger partial charge on any atom is 0.165 e. The summed E-state index contributed by atoms with van der Waals surface area (Å²) in [5, 5.41) is 32.8. The molecule has 2 aliphatic carbocycles. The number of aliphatic hydroxyl groups excluding tert-OH is 1. The van der Waals surface area contributed by atoms with Gasteiger partial charge < -0.3 is 20.1 Å². The average Bonchev–Trinajstić information content (AvgIpc) is 2.91. The summed E-state index contributed by atoms with van der Waals surface area (Å²) < 4.78 is 6.08. The minimum atomic E-state index is -0.940. The van der Waals surface area contributed by atoms with Gasteiger partial charge >= 0.3 is 0 Å². The Bertz CT molecular complexity index is 734. The zero-order valence-electron chi connectivity index (χ0n) is 13.6. The Balaban J connectivity index is 1.78. The molecule has 1 aromatic rings. The average molecular weight is 329 g/mol. The van der Waals surface area contributed by atoms with Gasteiger partial charge in [0.05, 0.1) is 17.1 Å². The molecule has 2 unspecified atom stereocenters. The van der Waals surface area contributed by atoms with Crippen molar-refractivity contribution in [2.45, 2.75) is 54.9 Å². The maximum atomic E-state index is 11.9. The highest BCUT2D eigenvalue weighted by molar-refractivity contribution is 5.62. The third kappa shape index (κ3) is 1.43. The van der Waals surface area contributed by atoms with Crippen LogP contribution in [-0.4, -0.2) is 57.2 Å². The van der Waals surface area contributed by atoms with Crippen LogP contribution in [0.5, 0.6) is 11.5 Å². The zero-order valence-corrected chi connectivity index (χ0v) is 13.6. The number of likely N-dealkylation sites (tertiary alicyclic amines) is 1. The van der Waals surface area contributed by atoms with Crippen LogP contribution < -0.4 is 4.74 Å². The fraction of sp³-hybridized carbons (Fsp3) is 0.579. The second kappa shape index (κ2) is 4.54. The van der Waals surface area contributed by atoms with Crippen LogP contribution >= 0.6 is 0 Å². The molecule has 5 nitrogen and oxygen atoms in total. The highest BCUT2D eigenvalue weighted by Crippen LogP contribution is 2.65. The Labute approximate surface area is 141 Å². The molecular formula is C19H23NO4. The number of aromatic hydroxyl groups is 1. The first-order valence-electron chi connectivity index (χ1n) is 8.80. The quantitative estimate of drug-likeness (QED) is 0.709. The molecule has 1 aromatic carbocycles. The summed E-state index contributed by atoms with van der Waals surface area (Å²) in [6.45, 7) is 5.44. The molecule has 5 rings (SSSR count). The van der Waals surface area contributed by atoms with Gasteiger partial charge in [0, 0.05) is 18.2 Å². The molecule has 2 heterocycles. The number of hydrogen-bond acceptors (Lipinski definition) is 5. The molecule has 2 bridgehead atoms. The van der Waals surface area contributed by atoms with Gasteiger partial charge in [0.25, 0.3) is 0 Å². The van der Waals surface area contributed by atoms with Crippen LogP contribution in [0.25, 0.3) is 0 Å². The van der Waals surface area contributed by atoms with Gasteiger partial charge in [-0.2, -0.15) is 0 Å². The minimum Gasteiger partial charge on any atom is -0.504 e. The number of ether oxygens (including phenoxy) is 1. The highest BCUT2D eigenvalue weighted by Gasteiger charge is 2.72. The molecule has 5 atom stereocenters. The lowest BCUT2D eigenvalue weighted by Crippen LogP contribution is -2.77. The first kappa shape index (κ1) is 14.8. The van der Waals surface area contributed by atoms with Gasteiger partial charge in [0.15, 0.2) is 11.5 Å². The van der Waals surface area contributed by atoms with E-state index in [0.29, 0.717) is 18.6 Å². The number of benzene rings is 1. The summed E-state index contributed by atoms with van der Waals surface area (Å²) in [6, 6.07) is 3.62. The first-order valence-corrected chi connectivity index (χ1v) is 8.80. The number of hydrogen-bond donors (Lipinski definition) is 3. The standard InChI is InChI=1S/C19H23NO4/c1-2-8-20-9-7-18-15-11-3-4-12(21)16(15)24-17(18)13(22)5-6-19(18,23)14(20)10-11/h2-4,13-14,17,21-23H,1,5-10H2/t13?,14?,17-,18-,19+/m1/s1. The van der Waals surface area contributed by atoms with Crippen molar-refractivity contribution in [1.29, 1.82) is 0 Å². The molecule has 0 radical (unpaired) electrons. The van der Waals surface area contributed by atoms with Crippen molar-refractivity contribution in [2.75, 3.05) is 13.1 Å². The van der Waals surface area contributed by atoms with Crippen molar-refractivity contribution in [1.82, 2.24) is 4.90 Å². The molecule has 0 amide bonds. The Morgan fingerprint density at radius 2 is 2.21 bits per heavy atom. The van der Waals surface area contributed by atoms with Crippen LogP contribution in [0.4, 0.5) is 0 Å². The fourth-order valence-electron chi connectivity index (χ4n) is 5.99. The van der Waals surface area contributed by atoms with Crippen LogP contribution in [0.2, 0.25) is 0 Å². The third-order valence-corrected chi connectivity index (χ3v) is 6.91. The molecule has 4 aliphatic rings. The van der Waals surface area contributed by atoms with Gasteiger partial charge in [-0.25, -0.2) is 0 Å². The second-order valence-electron chi connectivity index (χ2n) is 7.74. The number of piperidine rings is 1. The Kier molecular flexibility index (Phi) is 2.79. The number of phenolic OH excluding ortho intramolecular Hbond substituents is 1. The molecule has 2 aliphatic heterocycles. The van der Waals surface area contributed by atoms with Crippen molar-refractivity contribution < 1.29 is 20.1 Å². The van der Waals surface area contributed by atoms with E-state index in [4.69, 9.17) is 4.74 Å². The van der Waals surface area contributed by atoms with Crippen LogP contribution in [0, 0.1) is 0 Å². The van der Waals surface area contributed by atoms with Gasteiger partial charge in [-0.05, 0) is 43.9 Å². The smallest absolute Gasteiger partial charge is 0.165 e. The molecular weight excluding hydrogens is 306 g/mol. The molecule has 24 heavy (non-hydrogen) atoms. The highest BCUT2D eigenvalue weighted by atomic mass is 16.5. The van der Waals surface area contributed by atoms with E-state index >= 15 is 0 Å². The molecule has 2 fully saturated rings. The van der Waals surface area contributed by atoms with E-state index in [0.717, 1.165) is 37.1 Å². The minimum absolute atomic E-state index is 0.00848. The molecule has 3 N–H and O–H groups in total. The predicted molar refractivity (Wildman–Crippen MR) is 88.3 cm³/mol. The van der Waals surface area contributed by atoms with Gasteiger partial charge in [-0.3, -0.25) is 4.90 Å². The van der Waals surface area contributed by atoms with E-state index in [9.17, 15) is 15.3 Å². The van der Waals surface area contributed by atoms with E-state index in [-0.39, 0.29) is 11.8 Å². The van der Waals surface area contributed by atoms with Gasteiger partial charge in [0.2, 0.25) is 0 Å². The van der Waals surface area contributed by atoms with Crippen LogP contribution in [0.3, 0.4) is 0 Å². The monoisotopic (exact) mass is 329 g/mol. The van der Waals surface area contributed by atoms with E-state index in [1.165, 1.54) is 0 Å². The van der Waals surface area contributed by atoms with Crippen molar-refractivity contribution in [3.8, 4) is 11.5 Å². The van der Waals surface area contributed by atoms with E-state index in [1.807, 2.05) is 12.1 Å². The zero-order chi connectivity index (χ0) is 16.7. The van der Waals surface area contributed by atoms with Gasteiger partial charge in [0.1, 0.15) is 6.10 Å². The van der Waals surface area contributed by atoms with Gasteiger partial charge in [-0.1, -0.05) is 12.1 Å². The first-order chi connectivity index (χ1) is 11.5. The largest absolute Gasteiger partial charge is 0.504 e. The number of nitrogens with zero attached hydrogens (tertiary/aromatic N) is 1. The fourth-order valence-corrected chi connectivity index (χ4v) is 5.99. The topological polar surface area (TPSA) is 73.2 Å². The van der Waals surface area contributed by atoms with Gasteiger partial charge in [-0.15, -0.1) is 6.58 Å². The molecule has 1 saturated heterocycles. The number of aliphatic hydroxyl groups is 2. The summed E-state index contributed by atoms with van der Waals surface area (Å²) in [5.41, 5.74) is 0.518. The van der Waals surface area contributed by atoms with Crippen molar-refractivity contribution in [3.63, 3.8) is 0 Å². The maximum absolute atomic E-state index is 11.9. The molecule has 1 saturated carbocycles. The Morgan fingerprint density at radius 3 is 3.00 bits per heavy atom. The van der Waals surface area contributed by atoms with Crippen LogP contribution in [-0.2, 0) is 11.8 Å². The van der Waals surface area contributed by atoms with Crippen LogP contribution in [0.15, 0.2) is 24.8 Å². The lowest BCUT2D eigenvalue weighted by molar-refractivity contribution is -0.206. The molecule has 0 aromatic heterocycles. The molecule has 128 valence electrons. The van der Waals surface area contributed by atoms with E-state index in [2.05, 4.69) is 11.5 Å². The number of phenols is 1.